The van der Waals surface area contributed by atoms with Crippen molar-refractivity contribution in [2.24, 2.45) is 5.92 Å². The van der Waals surface area contributed by atoms with Crippen LogP contribution in [0.4, 0.5) is 5.69 Å². The maximum atomic E-state index is 12.5. The van der Waals surface area contributed by atoms with Crippen molar-refractivity contribution in [3.05, 3.63) is 29.8 Å². The molecule has 0 unspecified atom stereocenters. The van der Waals surface area contributed by atoms with Crippen LogP contribution in [0.15, 0.2) is 24.3 Å². The van der Waals surface area contributed by atoms with E-state index in [4.69, 9.17) is 5.73 Å². The van der Waals surface area contributed by atoms with E-state index in [9.17, 15) is 4.79 Å². The smallest absolute Gasteiger partial charge is 0.225 e. The molecule has 1 aromatic carbocycles. The normalized spacial score (nSPS) is 16.3. The second-order valence-corrected chi connectivity index (χ2v) is 5.43. The first kappa shape index (κ1) is 13.9. The molecule has 1 saturated carbocycles. The highest BCUT2D eigenvalue weighted by Crippen LogP contribution is 2.26. The maximum absolute atomic E-state index is 12.5. The van der Waals surface area contributed by atoms with E-state index in [0.29, 0.717) is 12.5 Å². The lowest BCUT2D eigenvalue weighted by Gasteiger charge is -2.28. The minimum atomic E-state index is 0.252. The number of amides is 1. The Morgan fingerprint density at radius 2 is 1.84 bits per heavy atom. The second-order valence-electron chi connectivity index (χ2n) is 5.43. The highest BCUT2D eigenvalue weighted by Gasteiger charge is 2.25. The molecule has 3 nitrogen and oxygen atoms in total. The van der Waals surface area contributed by atoms with E-state index in [1.54, 1.807) is 0 Å². The molecule has 0 saturated heterocycles. The zero-order chi connectivity index (χ0) is 13.7. The summed E-state index contributed by atoms with van der Waals surface area (Å²) < 4.78 is 0. The summed E-state index contributed by atoms with van der Waals surface area (Å²) in [7, 11) is 0. The van der Waals surface area contributed by atoms with Crippen LogP contribution in [0.1, 0.15) is 44.6 Å². The second kappa shape index (κ2) is 6.60. The lowest BCUT2D eigenvalue weighted by molar-refractivity contribution is -0.137. The van der Waals surface area contributed by atoms with E-state index in [1.165, 1.54) is 19.3 Å². The number of nitrogens with zero attached hydrogens (tertiary/aromatic N) is 1. The van der Waals surface area contributed by atoms with Crippen LogP contribution >= 0.6 is 0 Å². The van der Waals surface area contributed by atoms with Gasteiger partial charge in [0.15, 0.2) is 0 Å². The molecule has 2 N–H and O–H groups in total. The van der Waals surface area contributed by atoms with E-state index in [-0.39, 0.29) is 5.92 Å². The van der Waals surface area contributed by atoms with Crippen LogP contribution in [0.2, 0.25) is 0 Å². The summed E-state index contributed by atoms with van der Waals surface area (Å²) in [4.78, 5) is 14.5. The Kier molecular flexibility index (Phi) is 4.83. The van der Waals surface area contributed by atoms with Crippen molar-refractivity contribution >= 4 is 11.6 Å². The average Bonchev–Trinajstić information content (AvgIpc) is 2.47. The van der Waals surface area contributed by atoms with Crippen LogP contribution in [0, 0.1) is 5.92 Å². The summed E-state index contributed by atoms with van der Waals surface area (Å²) in [6, 6.07) is 7.81. The lowest BCUT2D eigenvalue weighted by Crippen LogP contribution is -2.36. The van der Waals surface area contributed by atoms with Gasteiger partial charge in [0.1, 0.15) is 0 Å². The standard InChI is InChI=1S/C16H24N2O/c1-2-18(12-13-8-10-15(17)11-9-13)16(19)14-6-4-3-5-7-14/h8-11,14H,2-7,12,17H2,1H3. The van der Waals surface area contributed by atoms with Crippen LogP contribution in [0.5, 0.6) is 0 Å². The molecule has 3 heteroatoms. The van der Waals surface area contributed by atoms with Crippen molar-refractivity contribution in [2.75, 3.05) is 12.3 Å². The van der Waals surface area contributed by atoms with Crippen molar-refractivity contribution < 1.29 is 4.79 Å². The summed E-state index contributed by atoms with van der Waals surface area (Å²) in [6.45, 7) is 3.53. The first-order valence-corrected chi connectivity index (χ1v) is 7.34. The first-order chi connectivity index (χ1) is 9.20. The SMILES string of the molecule is CCN(Cc1ccc(N)cc1)C(=O)C1CCCCC1. The average molecular weight is 260 g/mol. The summed E-state index contributed by atoms with van der Waals surface area (Å²) in [6.07, 6.45) is 5.83. The van der Waals surface area contributed by atoms with Crippen molar-refractivity contribution in [2.45, 2.75) is 45.6 Å². The number of carbonyl (C=O) groups is 1. The molecule has 1 fully saturated rings. The Hall–Kier alpha value is -1.51. The van der Waals surface area contributed by atoms with Gasteiger partial charge >= 0.3 is 0 Å². The largest absolute Gasteiger partial charge is 0.399 e. The number of benzene rings is 1. The van der Waals surface area contributed by atoms with E-state index in [1.807, 2.05) is 29.2 Å². The molecule has 1 aromatic rings. The minimum absolute atomic E-state index is 0.252. The van der Waals surface area contributed by atoms with E-state index >= 15 is 0 Å². The van der Waals surface area contributed by atoms with Crippen LogP contribution in [-0.2, 0) is 11.3 Å². The molecule has 1 aliphatic rings. The van der Waals surface area contributed by atoms with Gasteiger partial charge in [0, 0.05) is 24.7 Å². The first-order valence-electron chi connectivity index (χ1n) is 7.34. The van der Waals surface area contributed by atoms with Crippen molar-refractivity contribution in [3.8, 4) is 0 Å². The molecule has 0 spiro atoms. The molecule has 2 rings (SSSR count). The minimum Gasteiger partial charge on any atom is -0.399 e. The molecule has 0 atom stereocenters. The topological polar surface area (TPSA) is 46.3 Å². The molecule has 104 valence electrons. The molecule has 1 aliphatic carbocycles. The van der Waals surface area contributed by atoms with E-state index < -0.39 is 0 Å². The number of nitrogen functional groups attached to an aromatic ring is 1. The Labute approximate surface area is 115 Å². The molecule has 0 aromatic heterocycles. The zero-order valence-corrected chi connectivity index (χ0v) is 11.8. The van der Waals surface area contributed by atoms with Crippen LogP contribution < -0.4 is 5.73 Å². The Balaban J connectivity index is 1.98. The van der Waals surface area contributed by atoms with Crippen molar-refractivity contribution in [3.63, 3.8) is 0 Å². The van der Waals surface area contributed by atoms with Gasteiger partial charge in [-0.3, -0.25) is 4.79 Å². The van der Waals surface area contributed by atoms with Gasteiger partial charge in [-0.25, -0.2) is 0 Å². The van der Waals surface area contributed by atoms with Crippen LogP contribution in [-0.4, -0.2) is 17.4 Å². The van der Waals surface area contributed by atoms with Gasteiger partial charge in [0.05, 0.1) is 0 Å². The van der Waals surface area contributed by atoms with Gasteiger partial charge in [0.25, 0.3) is 0 Å². The lowest BCUT2D eigenvalue weighted by atomic mass is 9.88. The molecule has 0 heterocycles. The fourth-order valence-electron chi connectivity index (χ4n) is 2.80. The predicted octanol–water partition coefficient (Wildman–Crippen LogP) is 3.20. The third kappa shape index (κ3) is 3.72. The molecule has 19 heavy (non-hydrogen) atoms. The molecule has 0 radical (unpaired) electrons. The van der Waals surface area contributed by atoms with Gasteiger partial charge in [-0.1, -0.05) is 31.4 Å². The predicted molar refractivity (Wildman–Crippen MR) is 78.5 cm³/mol. The summed E-state index contributed by atoms with van der Waals surface area (Å²) in [5.41, 5.74) is 7.61. The number of hydrogen-bond donors (Lipinski definition) is 1. The third-order valence-electron chi connectivity index (χ3n) is 4.00. The third-order valence-corrected chi connectivity index (χ3v) is 4.00. The number of rotatable bonds is 4. The van der Waals surface area contributed by atoms with E-state index in [0.717, 1.165) is 30.6 Å². The van der Waals surface area contributed by atoms with Gasteiger partial charge in [0.2, 0.25) is 5.91 Å². The number of anilines is 1. The van der Waals surface area contributed by atoms with Gasteiger partial charge < -0.3 is 10.6 Å². The molecule has 0 aliphatic heterocycles. The summed E-state index contributed by atoms with van der Waals surface area (Å²) in [5.74, 6) is 0.585. The summed E-state index contributed by atoms with van der Waals surface area (Å²) in [5, 5.41) is 0. The fourth-order valence-corrected chi connectivity index (χ4v) is 2.80. The van der Waals surface area contributed by atoms with Gasteiger partial charge in [-0.15, -0.1) is 0 Å². The molecular weight excluding hydrogens is 236 g/mol. The number of hydrogen-bond acceptors (Lipinski definition) is 2. The number of nitrogens with two attached hydrogens (primary N) is 1. The van der Waals surface area contributed by atoms with E-state index in [2.05, 4.69) is 6.92 Å². The number of carbonyl (C=O) groups excluding carboxylic acids is 1. The van der Waals surface area contributed by atoms with Crippen LogP contribution in [0.3, 0.4) is 0 Å². The molecule has 0 bridgehead atoms. The van der Waals surface area contributed by atoms with Crippen molar-refractivity contribution in [1.82, 2.24) is 4.90 Å². The monoisotopic (exact) mass is 260 g/mol. The Morgan fingerprint density at radius 3 is 2.42 bits per heavy atom. The molecule has 1 amide bonds. The molecular formula is C16H24N2O. The highest BCUT2D eigenvalue weighted by atomic mass is 16.2. The van der Waals surface area contributed by atoms with Gasteiger partial charge in [-0.05, 0) is 37.5 Å². The van der Waals surface area contributed by atoms with Crippen LogP contribution in [0.25, 0.3) is 0 Å². The Morgan fingerprint density at radius 1 is 1.21 bits per heavy atom. The van der Waals surface area contributed by atoms with Gasteiger partial charge in [-0.2, -0.15) is 0 Å². The maximum Gasteiger partial charge on any atom is 0.225 e. The highest BCUT2D eigenvalue weighted by molar-refractivity contribution is 5.78. The van der Waals surface area contributed by atoms with Crippen molar-refractivity contribution in [1.29, 1.82) is 0 Å². The quantitative estimate of drug-likeness (QED) is 0.845. The fraction of sp³-hybridized carbons (Fsp3) is 0.562. The summed E-state index contributed by atoms with van der Waals surface area (Å²) >= 11 is 0. The Bertz CT molecular complexity index is 407. The zero-order valence-electron chi connectivity index (χ0n) is 11.8.